The van der Waals surface area contributed by atoms with E-state index in [1.165, 1.54) is 29.8 Å². The first-order valence-electron chi connectivity index (χ1n) is 13.2. The molecule has 5 N–H and O–H groups in total. The fraction of sp³-hybridized carbons (Fsp3) is 0.207. The Morgan fingerprint density at radius 2 is 2.11 bits per heavy atom. The van der Waals surface area contributed by atoms with Gasteiger partial charge in [-0.25, -0.2) is 15.6 Å². The van der Waals surface area contributed by atoms with E-state index in [-0.39, 0.29) is 30.4 Å². The van der Waals surface area contributed by atoms with Gasteiger partial charge in [0, 0.05) is 33.3 Å². The van der Waals surface area contributed by atoms with Crippen LogP contribution in [0.1, 0.15) is 40.6 Å². The van der Waals surface area contributed by atoms with Crippen LogP contribution in [-0.4, -0.2) is 47.0 Å². The number of aromatic nitrogens is 3. The predicted molar refractivity (Wildman–Crippen MR) is 166 cm³/mol. The first kappa shape index (κ1) is 30.5. The van der Waals surface area contributed by atoms with Crippen molar-refractivity contribution in [3.8, 4) is 22.4 Å². The second-order valence-corrected chi connectivity index (χ2v) is 11.0. The molecule has 0 aliphatic carbocycles. The van der Waals surface area contributed by atoms with Crippen molar-refractivity contribution in [2.24, 2.45) is 16.8 Å². The van der Waals surface area contributed by atoms with Crippen molar-refractivity contribution in [1.82, 2.24) is 14.5 Å². The van der Waals surface area contributed by atoms with Crippen molar-refractivity contribution in [3.05, 3.63) is 91.3 Å². The summed E-state index contributed by atoms with van der Waals surface area (Å²) < 4.78 is 16.9. The molecule has 0 fully saturated rings. The topological polar surface area (TPSA) is 180 Å². The number of benzene rings is 1. The largest absolute Gasteiger partial charge is 0.498 e. The summed E-state index contributed by atoms with van der Waals surface area (Å²) in [6.45, 7) is 1.57. The number of hydrogen-bond acceptors (Lipinski definition) is 11. The highest BCUT2D eigenvalue weighted by atomic mass is 35.5. The molecule has 0 amide bonds. The number of ether oxygens (including phenoxy) is 3. The number of anilines is 1. The molecule has 1 aliphatic heterocycles. The minimum Gasteiger partial charge on any atom is -0.498 e. The van der Waals surface area contributed by atoms with Crippen LogP contribution in [0.15, 0.2) is 69.4 Å². The number of carbonyl (C=O) groups is 2. The van der Waals surface area contributed by atoms with E-state index in [2.05, 4.69) is 15.1 Å². The van der Waals surface area contributed by atoms with Crippen LogP contribution in [0.5, 0.6) is 0 Å². The molecular formula is C29H28ClN7O6S. The van der Waals surface area contributed by atoms with Crippen molar-refractivity contribution in [3.63, 3.8) is 0 Å². The molecular weight excluding hydrogens is 610 g/mol. The third-order valence-corrected chi connectivity index (χ3v) is 8.26. The van der Waals surface area contributed by atoms with Gasteiger partial charge in [-0.1, -0.05) is 11.6 Å². The summed E-state index contributed by atoms with van der Waals surface area (Å²) in [6, 6.07) is 10.0. The van der Waals surface area contributed by atoms with E-state index >= 15 is 0 Å². The molecule has 0 bridgehead atoms. The summed E-state index contributed by atoms with van der Waals surface area (Å²) in [6.07, 6.45) is 4.24. The Labute approximate surface area is 260 Å². The van der Waals surface area contributed by atoms with Crippen LogP contribution in [0.25, 0.3) is 22.4 Å². The molecule has 15 heteroatoms. The highest BCUT2D eigenvalue weighted by Gasteiger charge is 2.28. The first-order chi connectivity index (χ1) is 21.2. The van der Waals surface area contributed by atoms with Gasteiger partial charge in [0.15, 0.2) is 12.4 Å². The number of nitrogens with zero attached hydrogens (tertiary/aromatic N) is 4. The molecule has 3 aromatic heterocycles. The van der Waals surface area contributed by atoms with Gasteiger partial charge in [0.2, 0.25) is 0 Å². The summed E-state index contributed by atoms with van der Waals surface area (Å²) in [7, 11) is 1.42. The number of nitrogens with one attached hydrogen (secondary N) is 1. The van der Waals surface area contributed by atoms with Gasteiger partial charge in [0.05, 0.1) is 30.7 Å². The fourth-order valence-electron chi connectivity index (χ4n) is 4.94. The molecule has 13 nitrogen and oxygen atoms in total. The third kappa shape index (κ3) is 6.22. The van der Waals surface area contributed by atoms with Crippen LogP contribution in [-0.2, 0) is 25.4 Å². The number of halogens is 1. The fourth-order valence-corrected chi connectivity index (χ4v) is 5.91. The van der Waals surface area contributed by atoms with Gasteiger partial charge < -0.3 is 29.6 Å². The summed E-state index contributed by atoms with van der Waals surface area (Å²) in [5.41, 5.74) is 3.96. The van der Waals surface area contributed by atoms with E-state index in [1.54, 1.807) is 53.4 Å². The number of aromatic amines is 1. The maximum absolute atomic E-state index is 13.5. The monoisotopic (exact) mass is 637 g/mol. The Morgan fingerprint density at radius 3 is 2.86 bits per heavy atom. The second kappa shape index (κ2) is 13.2. The number of aryl methyl sites for hydroxylation is 1. The van der Waals surface area contributed by atoms with E-state index < -0.39 is 5.97 Å². The Bertz CT molecular complexity index is 1830. The Balaban J connectivity index is 1.36. The van der Waals surface area contributed by atoms with Crippen molar-refractivity contribution >= 4 is 47.4 Å². The number of allylic oxidation sites excluding steroid dienone is 1. The molecule has 5 rings (SSSR count). The zero-order valence-corrected chi connectivity index (χ0v) is 25.2. The van der Waals surface area contributed by atoms with E-state index in [9.17, 15) is 14.4 Å². The van der Waals surface area contributed by atoms with E-state index in [4.69, 9.17) is 37.5 Å². The first-order valence-corrected chi connectivity index (χ1v) is 14.5. The van der Waals surface area contributed by atoms with E-state index in [0.717, 1.165) is 11.3 Å². The van der Waals surface area contributed by atoms with Crippen molar-refractivity contribution < 1.29 is 23.8 Å². The van der Waals surface area contributed by atoms with Crippen molar-refractivity contribution in [2.45, 2.75) is 25.8 Å². The average molecular weight is 638 g/mol. The number of hydrogen-bond donors (Lipinski definition) is 3. The maximum atomic E-state index is 13.5. The zero-order chi connectivity index (χ0) is 31.4. The maximum Gasteiger partial charge on any atom is 0.348 e. The number of pyridine rings is 1. The minimum absolute atomic E-state index is 0.0976. The molecule has 0 saturated carbocycles. The lowest BCUT2D eigenvalue weighted by Crippen LogP contribution is -2.30. The highest BCUT2D eigenvalue weighted by molar-refractivity contribution is 7.12. The van der Waals surface area contributed by atoms with E-state index in [0.29, 0.717) is 56.8 Å². The number of thiophene rings is 1. The lowest BCUT2D eigenvalue weighted by molar-refractivity contribution is -0.126. The number of hydrazine groups is 1. The summed E-state index contributed by atoms with van der Waals surface area (Å²) >= 11 is 7.47. The van der Waals surface area contributed by atoms with Gasteiger partial charge in [0.25, 0.3) is 12.0 Å². The highest BCUT2D eigenvalue weighted by Crippen LogP contribution is 2.36. The normalized spacial score (nSPS) is 14.7. The van der Waals surface area contributed by atoms with Crippen LogP contribution in [0.2, 0.25) is 5.02 Å². The standard InChI is InChI=1S/C29H28ClN7O6S/c1-16(41-2)25(43-15-38)12-42-29(40)26-8-18(13-44-26)22-11-33-28(35-22)24-6-4-20-7-17(9-27(39)37(20)24)21-10-19(30)3-5-23(21)36(32)14-34-31/h3,5,7-11,13-15,24H,4,6,12,31-32H2,1-2H3,(H,33,35)/b25-16-,34-14-. The number of fused-ring (bicyclic) bond motifs is 1. The Hall–Kier alpha value is -4.92. The Morgan fingerprint density at radius 1 is 1.30 bits per heavy atom. The number of methoxy groups -OCH3 is 1. The summed E-state index contributed by atoms with van der Waals surface area (Å²) in [5.74, 6) is 11.8. The van der Waals surface area contributed by atoms with Gasteiger partial charge in [-0.2, -0.15) is 5.10 Å². The number of H-pyrrole nitrogens is 1. The van der Waals surface area contributed by atoms with Gasteiger partial charge in [-0.05, 0) is 55.7 Å². The van der Waals surface area contributed by atoms with E-state index in [1.807, 2.05) is 6.07 Å². The van der Waals surface area contributed by atoms with Crippen molar-refractivity contribution in [2.75, 3.05) is 18.7 Å². The van der Waals surface area contributed by atoms with Crippen LogP contribution < -0.4 is 22.3 Å². The lowest BCUT2D eigenvalue weighted by Gasteiger charge is -2.18. The van der Waals surface area contributed by atoms with Gasteiger partial charge >= 0.3 is 5.97 Å². The van der Waals surface area contributed by atoms with Gasteiger partial charge in [0.1, 0.15) is 22.8 Å². The quantitative estimate of drug-likeness (QED) is 0.0414. The SMILES string of the molecule is CO/C(C)=C(/COC(=O)c1cc(-c2cnc(C3CCc4cc(-c5cc(Cl)ccc5N(N)/C=N\N)cc(=O)n43)[nH]2)cs1)OC=O. The molecule has 44 heavy (non-hydrogen) atoms. The molecule has 1 aliphatic rings. The molecule has 0 radical (unpaired) electrons. The number of carbonyl (C=O) groups excluding carboxylic acids is 2. The lowest BCUT2D eigenvalue weighted by atomic mass is 10.0. The van der Waals surface area contributed by atoms with Crippen LogP contribution in [0, 0.1) is 0 Å². The van der Waals surface area contributed by atoms with Crippen LogP contribution in [0.4, 0.5) is 5.69 Å². The molecule has 1 unspecified atom stereocenters. The minimum atomic E-state index is -0.583. The molecule has 4 aromatic rings. The number of imidazole rings is 1. The van der Waals surface area contributed by atoms with Crippen molar-refractivity contribution in [1.29, 1.82) is 0 Å². The second-order valence-electron chi connectivity index (χ2n) is 9.69. The van der Waals surface area contributed by atoms with Crippen LogP contribution >= 0.6 is 22.9 Å². The smallest absolute Gasteiger partial charge is 0.348 e. The summed E-state index contributed by atoms with van der Waals surface area (Å²) in [4.78, 5) is 45.0. The number of hydrazone groups is 1. The van der Waals surface area contributed by atoms with Crippen LogP contribution in [0.3, 0.4) is 0 Å². The molecule has 228 valence electrons. The summed E-state index contributed by atoms with van der Waals surface area (Å²) in [5, 5.41) is 7.02. The van der Waals surface area contributed by atoms with Gasteiger partial charge in [-0.15, -0.1) is 11.3 Å². The average Bonchev–Trinajstić information content (AvgIpc) is 3.78. The molecule has 1 aromatic carbocycles. The third-order valence-electron chi connectivity index (χ3n) is 7.12. The van der Waals surface area contributed by atoms with Gasteiger partial charge in [-0.3, -0.25) is 14.6 Å². The number of rotatable bonds is 11. The molecule has 0 spiro atoms. The molecule has 1 atom stereocenters. The predicted octanol–water partition coefficient (Wildman–Crippen LogP) is 3.95. The number of esters is 1. The zero-order valence-electron chi connectivity index (χ0n) is 23.7. The molecule has 0 saturated heterocycles. The number of nitrogens with two attached hydrogens (primary N) is 2. The molecule has 4 heterocycles. The Kier molecular flexibility index (Phi) is 9.13.